The molecule has 0 saturated carbocycles. The lowest BCUT2D eigenvalue weighted by Crippen LogP contribution is -2.48. The zero-order valence-corrected chi connectivity index (χ0v) is 20.8. The van der Waals surface area contributed by atoms with E-state index in [1.54, 1.807) is 6.26 Å². The van der Waals surface area contributed by atoms with E-state index in [4.69, 9.17) is 23.6 Å². The van der Waals surface area contributed by atoms with Gasteiger partial charge in [-0.2, -0.15) is 0 Å². The molecule has 0 aromatic carbocycles. The highest BCUT2D eigenvalue weighted by Gasteiger charge is 2.24. The minimum Gasteiger partial charge on any atom is -0.469 e. The summed E-state index contributed by atoms with van der Waals surface area (Å²) >= 11 is 0. The lowest BCUT2D eigenvalue weighted by Gasteiger charge is -2.35. The lowest BCUT2D eigenvalue weighted by atomic mass is 10.1. The summed E-state index contributed by atoms with van der Waals surface area (Å²) in [5.41, 5.74) is 0. The van der Waals surface area contributed by atoms with Crippen molar-refractivity contribution in [2.45, 2.75) is 57.2 Å². The molecule has 1 aromatic rings. The fourth-order valence-corrected chi connectivity index (χ4v) is 4.38. The summed E-state index contributed by atoms with van der Waals surface area (Å²) in [6.07, 6.45) is 10.0. The maximum Gasteiger partial charge on any atom is 0.193 e. The Hall–Kier alpha value is -0.840. The predicted octanol–water partition coefficient (Wildman–Crippen LogP) is 3.47. The molecule has 0 aliphatic carbocycles. The van der Waals surface area contributed by atoms with Gasteiger partial charge < -0.3 is 28.8 Å². The molecular formula is C23H38IN3O4. The lowest BCUT2D eigenvalue weighted by molar-refractivity contribution is -0.0721. The van der Waals surface area contributed by atoms with Crippen molar-refractivity contribution in [2.75, 3.05) is 52.6 Å². The molecule has 4 rings (SSSR count). The second-order valence-electron chi connectivity index (χ2n) is 8.66. The van der Waals surface area contributed by atoms with E-state index in [9.17, 15) is 0 Å². The average molecular weight is 547 g/mol. The number of furan rings is 1. The van der Waals surface area contributed by atoms with Gasteiger partial charge in [0.15, 0.2) is 5.96 Å². The molecule has 0 amide bonds. The van der Waals surface area contributed by atoms with Gasteiger partial charge in [-0.15, -0.1) is 24.0 Å². The van der Waals surface area contributed by atoms with E-state index in [-0.39, 0.29) is 24.0 Å². The van der Waals surface area contributed by atoms with E-state index in [1.165, 1.54) is 12.8 Å². The van der Waals surface area contributed by atoms with Crippen LogP contribution in [-0.4, -0.2) is 75.7 Å². The minimum absolute atomic E-state index is 0. The van der Waals surface area contributed by atoms with Crippen LogP contribution < -0.4 is 5.32 Å². The van der Waals surface area contributed by atoms with Gasteiger partial charge in [-0.25, -0.2) is 0 Å². The van der Waals surface area contributed by atoms with Crippen LogP contribution in [-0.2, 0) is 20.6 Å². The van der Waals surface area contributed by atoms with Crippen LogP contribution in [0.5, 0.6) is 0 Å². The molecule has 2 atom stereocenters. The molecule has 1 aromatic heterocycles. The number of hydrogen-bond donors (Lipinski definition) is 1. The number of halogens is 1. The number of guanidine groups is 1. The van der Waals surface area contributed by atoms with Crippen LogP contribution in [0.2, 0.25) is 0 Å². The Morgan fingerprint density at radius 2 is 2.06 bits per heavy atom. The third kappa shape index (κ3) is 8.22. The van der Waals surface area contributed by atoms with Crippen molar-refractivity contribution in [3.05, 3.63) is 24.2 Å². The van der Waals surface area contributed by atoms with Gasteiger partial charge in [0.25, 0.3) is 0 Å². The van der Waals surface area contributed by atoms with Crippen LogP contribution in [0.15, 0.2) is 27.8 Å². The standard InChI is InChI=1S/C23H37N3O4.HI/c1-2-13-29-22(4-1)18-30-21-7-11-26(12-8-21)23(25-16-19-9-15-27-17-19)24-10-6-20-5-3-14-28-20;/h3,5,14,19,21-22H,1-2,4,6-13,15-18H2,(H,24,25);1H. The molecule has 4 heterocycles. The molecular weight excluding hydrogens is 509 g/mol. The zero-order chi connectivity index (χ0) is 20.4. The average Bonchev–Trinajstić information content (AvgIpc) is 3.50. The van der Waals surface area contributed by atoms with Crippen molar-refractivity contribution in [2.24, 2.45) is 10.9 Å². The Labute approximate surface area is 203 Å². The molecule has 3 fully saturated rings. The van der Waals surface area contributed by atoms with Crippen LogP contribution >= 0.6 is 24.0 Å². The first-order valence-electron chi connectivity index (χ1n) is 11.7. The highest BCUT2D eigenvalue weighted by Crippen LogP contribution is 2.18. The molecule has 0 spiro atoms. The quantitative estimate of drug-likeness (QED) is 0.306. The van der Waals surface area contributed by atoms with Gasteiger partial charge in [-0.05, 0) is 50.7 Å². The summed E-state index contributed by atoms with van der Waals surface area (Å²) < 4.78 is 23.0. The van der Waals surface area contributed by atoms with Crippen LogP contribution in [0, 0.1) is 5.92 Å². The van der Waals surface area contributed by atoms with E-state index in [0.29, 0.717) is 18.1 Å². The molecule has 7 nitrogen and oxygen atoms in total. The Morgan fingerprint density at radius 3 is 2.77 bits per heavy atom. The van der Waals surface area contributed by atoms with Gasteiger partial charge in [0.2, 0.25) is 0 Å². The SMILES string of the molecule is I.c1coc(CCNC(=NCC2CCOC2)N2CCC(OCC3CCCCO3)CC2)c1. The molecule has 3 saturated heterocycles. The second-order valence-corrected chi connectivity index (χ2v) is 8.66. The first kappa shape index (κ1) is 24.8. The third-order valence-electron chi connectivity index (χ3n) is 6.29. The van der Waals surface area contributed by atoms with Gasteiger partial charge in [0, 0.05) is 51.7 Å². The Bertz CT molecular complexity index is 623. The number of nitrogens with one attached hydrogen (secondary N) is 1. The monoisotopic (exact) mass is 547 g/mol. The van der Waals surface area contributed by atoms with Crippen LogP contribution in [0.1, 0.15) is 44.3 Å². The summed E-state index contributed by atoms with van der Waals surface area (Å²) in [5, 5.41) is 3.56. The molecule has 8 heteroatoms. The second kappa shape index (κ2) is 13.6. The van der Waals surface area contributed by atoms with Crippen molar-refractivity contribution in [1.29, 1.82) is 0 Å². The number of nitrogens with zero attached hydrogens (tertiary/aromatic N) is 2. The van der Waals surface area contributed by atoms with Crippen molar-refractivity contribution >= 4 is 29.9 Å². The third-order valence-corrected chi connectivity index (χ3v) is 6.29. The van der Waals surface area contributed by atoms with Crippen LogP contribution in [0.4, 0.5) is 0 Å². The fraction of sp³-hybridized carbons (Fsp3) is 0.783. The zero-order valence-electron chi connectivity index (χ0n) is 18.5. The number of ether oxygens (including phenoxy) is 3. The van der Waals surface area contributed by atoms with E-state index in [2.05, 4.69) is 10.2 Å². The van der Waals surface area contributed by atoms with Gasteiger partial charge in [0.05, 0.1) is 31.7 Å². The Balaban J connectivity index is 0.00000272. The van der Waals surface area contributed by atoms with Crippen LogP contribution in [0.3, 0.4) is 0 Å². The van der Waals surface area contributed by atoms with Crippen molar-refractivity contribution in [3.63, 3.8) is 0 Å². The highest BCUT2D eigenvalue weighted by molar-refractivity contribution is 14.0. The van der Waals surface area contributed by atoms with Gasteiger partial charge in [-0.3, -0.25) is 4.99 Å². The van der Waals surface area contributed by atoms with Crippen molar-refractivity contribution in [1.82, 2.24) is 10.2 Å². The number of piperidine rings is 1. The van der Waals surface area contributed by atoms with Crippen molar-refractivity contribution in [3.8, 4) is 0 Å². The normalized spacial score (nSPS) is 25.4. The van der Waals surface area contributed by atoms with E-state index >= 15 is 0 Å². The largest absolute Gasteiger partial charge is 0.469 e. The topological polar surface area (TPSA) is 68.5 Å². The summed E-state index contributed by atoms with van der Waals surface area (Å²) in [4.78, 5) is 7.34. The molecule has 3 aliphatic rings. The summed E-state index contributed by atoms with van der Waals surface area (Å²) in [6, 6.07) is 3.96. The summed E-state index contributed by atoms with van der Waals surface area (Å²) in [6.45, 7) is 6.95. The molecule has 176 valence electrons. The number of likely N-dealkylation sites (tertiary alicyclic amines) is 1. The predicted molar refractivity (Wildman–Crippen MR) is 131 cm³/mol. The number of hydrogen-bond acceptors (Lipinski definition) is 5. The summed E-state index contributed by atoms with van der Waals surface area (Å²) in [7, 11) is 0. The van der Waals surface area contributed by atoms with Crippen molar-refractivity contribution < 1.29 is 18.6 Å². The van der Waals surface area contributed by atoms with Gasteiger partial charge in [0.1, 0.15) is 5.76 Å². The number of rotatable bonds is 8. The molecule has 2 unspecified atom stereocenters. The van der Waals surface area contributed by atoms with Gasteiger partial charge in [-0.1, -0.05) is 0 Å². The minimum atomic E-state index is 0. The Kier molecular flexibility index (Phi) is 10.9. The Morgan fingerprint density at radius 1 is 1.16 bits per heavy atom. The fourth-order valence-electron chi connectivity index (χ4n) is 4.38. The van der Waals surface area contributed by atoms with E-state index in [1.807, 2.05) is 12.1 Å². The summed E-state index contributed by atoms with van der Waals surface area (Å²) in [5.74, 6) is 2.56. The first-order chi connectivity index (χ1) is 14.9. The number of aliphatic imine (C=N–C) groups is 1. The highest BCUT2D eigenvalue weighted by atomic mass is 127. The smallest absolute Gasteiger partial charge is 0.193 e. The molecule has 0 radical (unpaired) electrons. The maximum absolute atomic E-state index is 6.18. The molecule has 31 heavy (non-hydrogen) atoms. The van der Waals surface area contributed by atoms with Gasteiger partial charge >= 0.3 is 0 Å². The first-order valence-corrected chi connectivity index (χ1v) is 11.7. The van der Waals surface area contributed by atoms with E-state index in [0.717, 1.165) is 96.4 Å². The molecule has 0 bridgehead atoms. The van der Waals surface area contributed by atoms with Crippen LogP contribution in [0.25, 0.3) is 0 Å². The molecule has 1 N–H and O–H groups in total. The maximum atomic E-state index is 6.18. The molecule has 3 aliphatic heterocycles. The van der Waals surface area contributed by atoms with E-state index < -0.39 is 0 Å².